The zero-order valence-corrected chi connectivity index (χ0v) is 16.3. The molecule has 0 bridgehead atoms. The third-order valence-corrected chi connectivity index (χ3v) is 7.15. The van der Waals surface area contributed by atoms with Gasteiger partial charge in [-0.1, -0.05) is 6.07 Å². The lowest BCUT2D eigenvalue weighted by molar-refractivity contribution is 0.0512. The fourth-order valence-electron chi connectivity index (χ4n) is 3.64. The number of amides is 1. The van der Waals surface area contributed by atoms with E-state index in [1.54, 1.807) is 19.1 Å². The van der Waals surface area contributed by atoms with Crippen LogP contribution in [0.25, 0.3) is 0 Å². The highest BCUT2D eigenvalue weighted by atomic mass is 32.2. The third kappa shape index (κ3) is 3.43. The van der Waals surface area contributed by atoms with E-state index in [4.69, 9.17) is 4.74 Å². The van der Waals surface area contributed by atoms with Gasteiger partial charge in [-0.05, 0) is 55.3 Å². The Morgan fingerprint density at radius 1 is 1.21 bits per heavy atom. The second-order valence-corrected chi connectivity index (χ2v) is 9.46. The van der Waals surface area contributed by atoms with Crippen molar-refractivity contribution in [1.29, 1.82) is 0 Å². The molecule has 28 heavy (non-hydrogen) atoms. The number of benzene rings is 2. The molecule has 0 radical (unpaired) electrons. The smallest absolute Gasteiger partial charge is 0.255 e. The molecule has 2 aromatic carbocycles. The Morgan fingerprint density at radius 2 is 2.00 bits per heavy atom. The van der Waals surface area contributed by atoms with E-state index >= 15 is 0 Å². The standard InChI is InChI=1S/C20H21FN2O4S/c1-14-9-16(5-6-18(14)21)22-19(24)15-3-2-4-17(10-15)28(25,26)23-11-20(12-23)7-8-27-13-20/h2-6,9-10H,7-8,11-13H2,1H3,(H,22,24). The summed E-state index contributed by atoms with van der Waals surface area (Å²) in [5.74, 6) is -0.807. The Labute approximate surface area is 163 Å². The number of nitrogens with zero attached hydrogens (tertiary/aromatic N) is 1. The highest BCUT2D eigenvalue weighted by Crippen LogP contribution is 2.41. The van der Waals surface area contributed by atoms with Gasteiger partial charge in [0.2, 0.25) is 10.0 Å². The van der Waals surface area contributed by atoms with Gasteiger partial charge in [0, 0.05) is 36.4 Å². The fourth-order valence-corrected chi connectivity index (χ4v) is 5.36. The average Bonchev–Trinajstić information content (AvgIpc) is 3.14. The molecule has 2 heterocycles. The van der Waals surface area contributed by atoms with Gasteiger partial charge in [0.05, 0.1) is 11.5 Å². The third-order valence-electron chi connectivity index (χ3n) is 5.36. The maximum absolute atomic E-state index is 13.4. The minimum Gasteiger partial charge on any atom is -0.381 e. The predicted molar refractivity (Wildman–Crippen MR) is 102 cm³/mol. The zero-order chi connectivity index (χ0) is 19.9. The second kappa shape index (κ2) is 6.95. The molecule has 8 heteroatoms. The molecule has 0 atom stereocenters. The minimum absolute atomic E-state index is 0.0531. The summed E-state index contributed by atoms with van der Waals surface area (Å²) in [4.78, 5) is 12.6. The van der Waals surface area contributed by atoms with Crippen LogP contribution in [-0.4, -0.2) is 44.9 Å². The van der Waals surface area contributed by atoms with Gasteiger partial charge in [-0.3, -0.25) is 4.79 Å². The maximum Gasteiger partial charge on any atom is 0.255 e. The van der Waals surface area contributed by atoms with E-state index in [0.717, 1.165) is 6.42 Å². The molecule has 2 saturated heterocycles. The van der Waals surface area contributed by atoms with Crippen LogP contribution >= 0.6 is 0 Å². The molecule has 2 fully saturated rings. The van der Waals surface area contributed by atoms with E-state index in [1.165, 1.54) is 34.6 Å². The van der Waals surface area contributed by atoms with Crippen LogP contribution in [-0.2, 0) is 14.8 Å². The van der Waals surface area contributed by atoms with Crippen LogP contribution in [0.2, 0.25) is 0 Å². The average molecular weight is 404 g/mol. The monoisotopic (exact) mass is 404 g/mol. The van der Waals surface area contributed by atoms with Crippen molar-refractivity contribution in [3.05, 3.63) is 59.4 Å². The van der Waals surface area contributed by atoms with Crippen molar-refractivity contribution in [2.75, 3.05) is 31.6 Å². The van der Waals surface area contributed by atoms with Gasteiger partial charge < -0.3 is 10.1 Å². The first-order valence-electron chi connectivity index (χ1n) is 9.05. The van der Waals surface area contributed by atoms with Crippen molar-refractivity contribution >= 4 is 21.6 Å². The highest BCUT2D eigenvalue weighted by molar-refractivity contribution is 7.89. The molecule has 2 aliphatic heterocycles. The lowest BCUT2D eigenvalue weighted by atomic mass is 9.81. The number of anilines is 1. The molecule has 0 aromatic heterocycles. The second-order valence-electron chi connectivity index (χ2n) is 7.52. The first kappa shape index (κ1) is 19.0. The van der Waals surface area contributed by atoms with Gasteiger partial charge in [-0.2, -0.15) is 4.31 Å². The lowest BCUT2D eigenvalue weighted by Gasteiger charge is -2.45. The van der Waals surface area contributed by atoms with E-state index in [-0.39, 0.29) is 21.7 Å². The molecular weight excluding hydrogens is 383 g/mol. The number of carbonyl (C=O) groups is 1. The van der Waals surface area contributed by atoms with Crippen LogP contribution in [0.1, 0.15) is 22.3 Å². The molecule has 1 spiro atoms. The van der Waals surface area contributed by atoms with E-state index in [1.807, 2.05) is 0 Å². The number of nitrogens with one attached hydrogen (secondary N) is 1. The fraction of sp³-hybridized carbons (Fsp3) is 0.350. The number of hydrogen-bond acceptors (Lipinski definition) is 4. The molecule has 2 aromatic rings. The summed E-state index contributed by atoms with van der Waals surface area (Å²) in [5.41, 5.74) is 1.03. The van der Waals surface area contributed by atoms with Crippen LogP contribution in [0, 0.1) is 18.2 Å². The van der Waals surface area contributed by atoms with E-state index < -0.39 is 15.9 Å². The highest BCUT2D eigenvalue weighted by Gasteiger charge is 2.50. The molecule has 1 N–H and O–H groups in total. The maximum atomic E-state index is 13.4. The Kier molecular flexibility index (Phi) is 4.73. The van der Waals surface area contributed by atoms with Crippen molar-refractivity contribution < 1.29 is 22.3 Å². The predicted octanol–water partition coefficient (Wildman–Crippen LogP) is 2.80. The van der Waals surface area contributed by atoms with Crippen molar-refractivity contribution in [2.45, 2.75) is 18.2 Å². The van der Waals surface area contributed by atoms with Gasteiger partial charge in [0.25, 0.3) is 5.91 Å². The largest absolute Gasteiger partial charge is 0.381 e. The summed E-state index contributed by atoms with van der Waals surface area (Å²) in [5, 5.41) is 2.67. The summed E-state index contributed by atoms with van der Waals surface area (Å²) in [6, 6.07) is 10.2. The summed E-state index contributed by atoms with van der Waals surface area (Å²) >= 11 is 0. The number of carbonyl (C=O) groups excluding carboxylic acids is 1. The van der Waals surface area contributed by atoms with Crippen molar-refractivity contribution in [1.82, 2.24) is 4.31 Å². The molecule has 2 aliphatic rings. The Balaban J connectivity index is 1.50. The Hall–Kier alpha value is -2.29. The number of aryl methyl sites for hydroxylation is 1. The van der Waals surface area contributed by atoms with Crippen molar-refractivity contribution in [2.24, 2.45) is 5.41 Å². The van der Waals surface area contributed by atoms with E-state index in [9.17, 15) is 17.6 Å². The summed E-state index contributed by atoms with van der Waals surface area (Å²) in [6.45, 7) is 3.76. The van der Waals surface area contributed by atoms with Crippen LogP contribution < -0.4 is 5.32 Å². The van der Waals surface area contributed by atoms with Crippen LogP contribution in [0.4, 0.5) is 10.1 Å². The van der Waals surface area contributed by atoms with Gasteiger partial charge in [-0.15, -0.1) is 0 Å². The van der Waals surface area contributed by atoms with Gasteiger partial charge in [-0.25, -0.2) is 12.8 Å². The lowest BCUT2D eigenvalue weighted by Crippen LogP contribution is -2.58. The van der Waals surface area contributed by atoms with Gasteiger partial charge in [0.1, 0.15) is 5.82 Å². The molecule has 0 saturated carbocycles. The first-order valence-corrected chi connectivity index (χ1v) is 10.5. The number of rotatable bonds is 4. The van der Waals surface area contributed by atoms with Crippen LogP contribution in [0.3, 0.4) is 0 Å². The normalized spacial score (nSPS) is 18.8. The van der Waals surface area contributed by atoms with Crippen molar-refractivity contribution in [3.63, 3.8) is 0 Å². The summed E-state index contributed by atoms with van der Waals surface area (Å²) < 4.78 is 46.0. The van der Waals surface area contributed by atoms with Gasteiger partial charge in [0.15, 0.2) is 0 Å². The molecule has 1 amide bonds. The van der Waals surface area contributed by atoms with Gasteiger partial charge >= 0.3 is 0 Å². The molecule has 4 rings (SSSR count). The summed E-state index contributed by atoms with van der Waals surface area (Å²) in [7, 11) is -3.66. The summed E-state index contributed by atoms with van der Waals surface area (Å²) in [6.07, 6.45) is 0.874. The number of hydrogen-bond donors (Lipinski definition) is 1. The Bertz CT molecular complexity index is 1020. The SMILES string of the molecule is Cc1cc(NC(=O)c2cccc(S(=O)(=O)N3CC4(CCOC4)C3)c2)ccc1F. The quantitative estimate of drug-likeness (QED) is 0.850. The number of ether oxygens (including phenoxy) is 1. The Morgan fingerprint density at radius 3 is 2.68 bits per heavy atom. The molecular formula is C20H21FN2O4S. The minimum atomic E-state index is -3.66. The topological polar surface area (TPSA) is 75.7 Å². The molecule has 0 aliphatic carbocycles. The first-order chi connectivity index (χ1) is 13.3. The van der Waals surface area contributed by atoms with E-state index in [2.05, 4.69) is 5.32 Å². The van der Waals surface area contributed by atoms with E-state index in [0.29, 0.717) is 37.6 Å². The zero-order valence-electron chi connectivity index (χ0n) is 15.4. The van der Waals surface area contributed by atoms with Crippen LogP contribution in [0.5, 0.6) is 0 Å². The number of sulfonamides is 1. The van der Waals surface area contributed by atoms with Crippen molar-refractivity contribution in [3.8, 4) is 0 Å². The molecule has 148 valence electrons. The molecule has 0 unspecified atom stereocenters. The van der Waals surface area contributed by atoms with Crippen LogP contribution in [0.15, 0.2) is 47.4 Å². The molecule has 6 nitrogen and oxygen atoms in total. The number of halogens is 1.